The SMILES string of the molecule is CC(C)CNCc1cnn(CCN(C)C)c1C(F)(F)F. The Kier molecular flexibility index (Phi) is 6.01. The zero-order valence-corrected chi connectivity index (χ0v) is 12.5. The summed E-state index contributed by atoms with van der Waals surface area (Å²) in [7, 11) is 3.64. The highest BCUT2D eigenvalue weighted by atomic mass is 19.4. The van der Waals surface area contributed by atoms with Gasteiger partial charge in [-0.1, -0.05) is 13.8 Å². The highest BCUT2D eigenvalue weighted by Crippen LogP contribution is 2.32. The Labute approximate surface area is 117 Å². The van der Waals surface area contributed by atoms with Crippen molar-refractivity contribution in [3.63, 3.8) is 0 Å². The van der Waals surface area contributed by atoms with Crippen molar-refractivity contribution in [1.29, 1.82) is 0 Å². The fourth-order valence-corrected chi connectivity index (χ4v) is 1.84. The Bertz CT molecular complexity index is 410. The van der Waals surface area contributed by atoms with Crippen LogP contribution in [0.15, 0.2) is 6.20 Å². The standard InChI is InChI=1S/C13H23F3N4/c1-10(2)7-17-8-11-9-18-20(6-5-19(3)4)12(11)13(14,15)16/h9-10,17H,5-8H2,1-4H3. The molecular formula is C13H23F3N4. The predicted molar refractivity (Wildman–Crippen MR) is 72.3 cm³/mol. The Morgan fingerprint density at radius 2 is 2.00 bits per heavy atom. The molecule has 7 heteroatoms. The second kappa shape index (κ2) is 7.08. The van der Waals surface area contributed by atoms with Crippen LogP contribution in [-0.4, -0.2) is 41.9 Å². The van der Waals surface area contributed by atoms with Crippen LogP contribution in [0.5, 0.6) is 0 Å². The molecule has 4 nitrogen and oxygen atoms in total. The van der Waals surface area contributed by atoms with Crippen LogP contribution in [-0.2, 0) is 19.3 Å². The summed E-state index contributed by atoms with van der Waals surface area (Å²) in [5.74, 6) is 0.396. The third-order valence-electron chi connectivity index (χ3n) is 2.81. The average molecular weight is 292 g/mol. The molecule has 0 aliphatic rings. The zero-order chi connectivity index (χ0) is 15.3. The van der Waals surface area contributed by atoms with Crippen molar-refractivity contribution in [2.45, 2.75) is 33.1 Å². The number of halogens is 3. The van der Waals surface area contributed by atoms with E-state index in [-0.39, 0.29) is 18.7 Å². The molecule has 1 N–H and O–H groups in total. The van der Waals surface area contributed by atoms with Gasteiger partial charge in [0, 0.05) is 18.7 Å². The quantitative estimate of drug-likeness (QED) is 0.836. The molecule has 0 fully saturated rings. The second-order valence-electron chi connectivity index (χ2n) is 5.57. The zero-order valence-electron chi connectivity index (χ0n) is 12.5. The van der Waals surface area contributed by atoms with Crippen molar-refractivity contribution in [3.05, 3.63) is 17.5 Å². The van der Waals surface area contributed by atoms with E-state index in [1.807, 2.05) is 32.8 Å². The lowest BCUT2D eigenvalue weighted by Gasteiger charge is -2.15. The summed E-state index contributed by atoms with van der Waals surface area (Å²) in [6.07, 6.45) is -3.07. The van der Waals surface area contributed by atoms with E-state index < -0.39 is 11.9 Å². The molecule has 1 rings (SSSR count). The van der Waals surface area contributed by atoms with Gasteiger partial charge in [0.05, 0.1) is 12.7 Å². The molecule has 0 aliphatic heterocycles. The highest BCUT2D eigenvalue weighted by Gasteiger charge is 2.37. The monoisotopic (exact) mass is 292 g/mol. The fourth-order valence-electron chi connectivity index (χ4n) is 1.84. The number of hydrogen-bond acceptors (Lipinski definition) is 3. The van der Waals surface area contributed by atoms with Gasteiger partial charge in [-0.3, -0.25) is 4.68 Å². The number of hydrogen-bond donors (Lipinski definition) is 1. The van der Waals surface area contributed by atoms with Gasteiger partial charge in [-0.25, -0.2) is 0 Å². The number of rotatable bonds is 7. The topological polar surface area (TPSA) is 33.1 Å². The Morgan fingerprint density at radius 1 is 1.35 bits per heavy atom. The number of aromatic nitrogens is 2. The van der Waals surface area contributed by atoms with Gasteiger partial charge in [-0.05, 0) is 26.6 Å². The van der Waals surface area contributed by atoms with Crippen molar-refractivity contribution >= 4 is 0 Å². The predicted octanol–water partition coefficient (Wildman–Crippen LogP) is 2.21. The average Bonchev–Trinajstić information content (AvgIpc) is 2.68. The van der Waals surface area contributed by atoms with Crippen LogP contribution in [0.3, 0.4) is 0 Å². The van der Waals surface area contributed by atoms with E-state index in [1.165, 1.54) is 6.20 Å². The van der Waals surface area contributed by atoms with Gasteiger partial charge < -0.3 is 10.2 Å². The molecule has 116 valence electrons. The summed E-state index contributed by atoms with van der Waals surface area (Å²) < 4.78 is 40.5. The minimum absolute atomic E-state index is 0.189. The summed E-state index contributed by atoms with van der Waals surface area (Å²) in [4.78, 5) is 1.83. The summed E-state index contributed by atoms with van der Waals surface area (Å²) in [5, 5.41) is 6.91. The molecule has 20 heavy (non-hydrogen) atoms. The fraction of sp³-hybridized carbons (Fsp3) is 0.769. The van der Waals surface area contributed by atoms with Crippen LogP contribution >= 0.6 is 0 Å². The second-order valence-corrected chi connectivity index (χ2v) is 5.57. The Morgan fingerprint density at radius 3 is 2.50 bits per heavy atom. The Balaban J connectivity index is 2.83. The van der Waals surface area contributed by atoms with Crippen molar-refractivity contribution in [2.24, 2.45) is 5.92 Å². The third-order valence-corrected chi connectivity index (χ3v) is 2.81. The van der Waals surface area contributed by atoms with Crippen LogP contribution in [0, 0.1) is 5.92 Å². The van der Waals surface area contributed by atoms with Gasteiger partial charge in [0.1, 0.15) is 5.69 Å². The summed E-state index contributed by atoms with van der Waals surface area (Å²) in [6.45, 7) is 5.64. The lowest BCUT2D eigenvalue weighted by Crippen LogP contribution is -2.25. The molecule has 0 aromatic carbocycles. The molecule has 0 atom stereocenters. The van der Waals surface area contributed by atoms with Crippen LogP contribution < -0.4 is 5.32 Å². The van der Waals surface area contributed by atoms with E-state index >= 15 is 0 Å². The minimum Gasteiger partial charge on any atom is -0.312 e. The molecule has 0 radical (unpaired) electrons. The van der Waals surface area contributed by atoms with Gasteiger partial charge in [0.15, 0.2) is 0 Å². The van der Waals surface area contributed by atoms with E-state index in [2.05, 4.69) is 10.4 Å². The molecule has 0 aliphatic carbocycles. The number of nitrogens with one attached hydrogen (secondary N) is 1. The smallest absolute Gasteiger partial charge is 0.312 e. The van der Waals surface area contributed by atoms with Crippen molar-refractivity contribution < 1.29 is 13.2 Å². The van der Waals surface area contributed by atoms with Gasteiger partial charge >= 0.3 is 6.18 Å². The molecule has 0 bridgehead atoms. The summed E-state index contributed by atoms with van der Waals surface area (Å²) in [6, 6.07) is 0. The van der Waals surface area contributed by atoms with Gasteiger partial charge in [-0.2, -0.15) is 18.3 Å². The Hall–Kier alpha value is -1.08. The number of nitrogens with zero attached hydrogens (tertiary/aromatic N) is 3. The first-order chi connectivity index (χ1) is 9.21. The van der Waals surface area contributed by atoms with E-state index in [4.69, 9.17) is 0 Å². The molecule has 1 aromatic rings. The van der Waals surface area contributed by atoms with Gasteiger partial charge in [0.25, 0.3) is 0 Å². The maximum absolute atomic E-state index is 13.2. The summed E-state index contributed by atoms with van der Waals surface area (Å²) >= 11 is 0. The molecule has 1 heterocycles. The molecular weight excluding hydrogens is 269 g/mol. The normalized spacial score (nSPS) is 12.7. The highest BCUT2D eigenvalue weighted by molar-refractivity contribution is 5.20. The number of likely N-dealkylation sites (N-methyl/N-ethyl adjacent to an activating group) is 1. The number of alkyl halides is 3. The third kappa shape index (κ3) is 5.13. The van der Waals surface area contributed by atoms with Gasteiger partial charge in [-0.15, -0.1) is 0 Å². The van der Waals surface area contributed by atoms with E-state index in [9.17, 15) is 13.2 Å². The minimum atomic E-state index is -4.38. The van der Waals surface area contributed by atoms with Crippen LogP contribution in [0.2, 0.25) is 0 Å². The first kappa shape index (κ1) is 17.0. The van der Waals surface area contributed by atoms with Crippen LogP contribution in [0.1, 0.15) is 25.1 Å². The van der Waals surface area contributed by atoms with E-state index in [1.54, 1.807) is 0 Å². The van der Waals surface area contributed by atoms with Crippen LogP contribution in [0.25, 0.3) is 0 Å². The molecule has 0 unspecified atom stereocenters. The largest absolute Gasteiger partial charge is 0.433 e. The molecule has 0 spiro atoms. The maximum atomic E-state index is 13.2. The lowest BCUT2D eigenvalue weighted by molar-refractivity contribution is -0.145. The molecule has 0 saturated carbocycles. The molecule has 0 amide bonds. The van der Waals surface area contributed by atoms with Crippen molar-refractivity contribution in [1.82, 2.24) is 20.0 Å². The van der Waals surface area contributed by atoms with Crippen molar-refractivity contribution in [2.75, 3.05) is 27.2 Å². The van der Waals surface area contributed by atoms with Crippen LogP contribution in [0.4, 0.5) is 13.2 Å². The van der Waals surface area contributed by atoms with E-state index in [0.717, 1.165) is 4.68 Å². The molecule has 0 saturated heterocycles. The van der Waals surface area contributed by atoms with E-state index in [0.29, 0.717) is 19.0 Å². The first-order valence-corrected chi connectivity index (χ1v) is 6.69. The summed E-state index contributed by atoms with van der Waals surface area (Å²) in [5.41, 5.74) is -0.437. The maximum Gasteiger partial charge on any atom is 0.433 e. The van der Waals surface area contributed by atoms with Gasteiger partial charge in [0.2, 0.25) is 0 Å². The first-order valence-electron chi connectivity index (χ1n) is 6.69. The molecule has 1 aromatic heterocycles. The lowest BCUT2D eigenvalue weighted by atomic mass is 10.2. The van der Waals surface area contributed by atoms with Crippen molar-refractivity contribution in [3.8, 4) is 0 Å².